The molecule has 0 radical (unpaired) electrons. The van der Waals surface area contributed by atoms with Gasteiger partial charge >= 0.3 is 0 Å². The first-order valence-corrected chi connectivity index (χ1v) is 18.5. The van der Waals surface area contributed by atoms with Crippen LogP contribution in [0.25, 0.3) is 21.8 Å². The van der Waals surface area contributed by atoms with Crippen molar-refractivity contribution in [3.05, 3.63) is 69.7 Å². The van der Waals surface area contributed by atoms with Crippen molar-refractivity contribution in [1.82, 2.24) is 34.9 Å². The minimum atomic E-state index is -0.439. The van der Waals surface area contributed by atoms with Crippen LogP contribution in [0.4, 0.5) is 23.1 Å². The molecular weight excluding hydrogens is 712 g/mol. The molecule has 3 amide bonds. The van der Waals surface area contributed by atoms with Crippen molar-refractivity contribution in [3.63, 3.8) is 0 Å². The van der Waals surface area contributed by atoms with E-state index in [1.807, 2.05) is 29.9 Å². The minimum Gasteiger partial charge on any atom is -0.478 e. The number of carbonyl (C=O) groups excluding carboxylic acids is 3. The number of anilines is 4. The van der Waals surface area contributed by atoms with E-state index >= 15 is 0 Å². The van der Waals surface area contributed by atoms with Crippen molar-refractivity contribution < 1.29 is 19.1 Å². The summed E-state index contributed by atoms with van der Waals surface area (Å²) in [7, 11) is 5.06. The van der Waals surface area contributed by atoms with Gasteiger partial charge in [-0.25, -0.2) is 4.98 Å². The number of nitrogens with zero attached hydrogens (tertiary/aromatic N) is 7. The van der Waals surface area contributed by atoms with Gasteiger partial charge in [0.05, 0.1) is 28.8 Å². The number of hydrogen-bond acceptors (Lipinski definition) is 11. The highest BCUT2D eigenvalue weighted by Crippen LogP contribution is 2.42. The predicted molar refractivity (Wildman–Crippen MR) is 206 cm³/mol. The molecule has 3 fully saturated rings. The lowest BCUT2D eigenvalue weighted by Crippen LogP contribution is -2.45. The Morgan fingerprint density at radius 2 is 1.87 bits per heavy atom. The molecule has 54 heavy (non-hydrogen) atoms. The zero-order chi connectivity index (χ0) is 37.7. The highest BCUT2D eigenvalue weighted by Gasteiger charge is 2.42. The number of pyridine rings is 1. The van der Waals surface area contributed by atoms with Crippen LogP contribution in [0.1, 0.15) is 43.7 Å². The van der Waals surface area contributed by atoms with Crippen molar-refractivity contribution in [1.29, 1.82) is 0 Å². The maximum Gasteiger partial charge on any atom is 0.293 e. The summed E-state index contributed by atoms with van der Waals surface area (Å²) >= 11 is 6.62. The summed E-state index contributed by atoms with van der Waals surface area (Å²) in [5.41, 5.74) is 3.92. The Balaban J connectivity index is 0.982. The quantitative estimate of drug-likeness (QED) is 0.198. The van der Waals surface area contributed by atoms with E-state index in [0.717, 1.165) is 67.4 Å². The summed E-state index contributed by atoms with van der Waals surface area (Å²) < 4.78 is 8.84. The standard InChI is InChI=1S/C38H41ClN10O5/c1-40-32(51)19-54-30-16-22-15-23(5-9-28(22)46(2)36(30)53)42-34-27(39)18-41-37(44-34)49-13-4-11-38(21-49)12-14-48(20-38)24-6-7-25-29(17-24)47(3)45-33(25)26-8-10-31(50)43-35(26)52/h5-7,9,15-18,26H,4,8,10-14,19-21H2,1-3H3,(H,40,51)(H,41,42,44)(H,43,50,52). The number of hydrogen-bond donors (Lipinski definition) is 3. The molecule has 6 heterocycles. The fraction of sp³-hybridized carbons (Fsp3) is 0.395. The molecule has 3 aliphatic heterocycles. The van der Waals surface area contributed by atoms with Crippen LogP contribution in [0.5, 0.6) is 5.75 Å². The first-order chi connectivity index (χ1) is 26.0. The fourth-order valence-corrected chi connectivity index (χ4v) is 8.27. The van der Waals surface area contributed by atoms with Crippen molar-refractivity contribution in [2.24, 2.45) is 19.5 Å². The number of aryl methyl sites for hydroxylation is 2. The predicted octanol–water partition coefficient (Wildman–Crippen LogP) is 3.75. The lowest BCUT2D eigenvalue weighted by molar-refractivity contribution is -0.134. The van der Waals surface area contributed by atoms with Gasteiger partial charge in [-0.3, -0.25) is 29.2 Å². The summed E-state index contributed by atoms with van der Waals surface area (Å²) in [6.45, 7) is 3.18. The minimum absolute atomic E-state index is 0.0556. The second-order valence-electron chi connectivity index (χ2n) is 14.5. The van der Waals surface area contributed by atoms with Crippen LogP contribution < -0.4 is 36.0 Å². The molecular formula is C38H41ClN10O5. The van der Waals surface area contributed by atoms with E-state index in [1.165, 1.54) is 11.6 Å². The van der Waals surface area contributed by atoms with E-state index in [2.05, 4.69) is 48.9 Å². The molecule has 15 nitrogen and oxygen atoms in total. The number of amides is 3. The van der Waals surface area contributed by atoms with Crippen molar-refractivity contribution in [3.8, 4) is 5.75 Å². The molecule has 3 N–H and O–H groups in total. The number of nitrogens with one attached hydrogen (secondary N) is 3. The monoisotopic (exact) mass is 752 g/mol. The van der Waals surface area contributed by atoms with Gasteiger partial charge in [-0.15, -0.1) is 0 Å². The smallest absolute Gasteiger partial charge is 0.293 e. The highest BCUT2D eigenvalue weighted by atomic mass is 35.5. The van der Waals surface area contributed by atoms with Crippen LogP contribution in [0.2, 0.25) is 5.02 Å². The zero-order valence-corrected chi connectivity index (χ0v) is 31.1. The average Bonchev–Trinajstić information content (AvgIpc) is 3.72. The number of aromatic nitrogens is 5. The Bertz CT molecular complexity index is 2390. The SMILES string of the molecule is CNC(=O)COc1cc2cc(Nc3nc(N4CCCC5(CCN(c6ccc7c(C8CCC(=O)NC8=O)nn(C)c7c6)C5)C4)ncc3Cl)ccc2n(C)c1=O. The number of carbonyl (C=O) groups is 3. The summed E-state index contributed by atoms with van der Waals surface area (Å²) in [6.07, 6.45) is 5.53. The molecule has 16 heteroatoms. The largest absolute Gasteiger partial charge is 0.478 e. The number of fused-ring (bicyclic) bond motifs is 2. The summed E-state index contributed by atoms with van der Waals surface area (Å²) in [5, 5.41) is 15.1. The normalized spacial score (nSPS) is 20.2. The topological polar surface area (TPSA) is 169 Å². The van der Waals surface area contributed by atoms with Crippen molar-refractivity contribution in [2.75, 3.05) is 55.0 Å². The second-order valence-corrected chi connectivity index (χ2v) is 14.9. The molecule has 5 aromatic rings. The van der Waals surface area contributed by atoms with Gasteiger partial charge in [0.15, 0.2) is 18.2 Å². The Kier molecular flexibility index (Phi) is 9.12. The summed E-state index contributed by atoms with van der Waals surface area (Å²) in [4.78, 5) is 63.1. The maximum absolute atomic E-state index is 12.8. The number of benzene rings is 2. The number of imide groups is 1. The first kappa shape index (κ1) is 35.3. The van der Waals surface area contributed by atoms with Gasteiger partial charge in [0.1, 0.15) is 5.02 Å². The average molecular weight is 753 g/mol. The van der Waals surface area contributed by atoms with E-state index in [4.69, 9.17) is 26.4 Å². The molecule has 3 saturated heterocycles. The van der Waals surface area contributed by atoms with Crippen molar-refractivity contribution >= 4 is 74.3 Å². The molecule has 3 aromatic heterocycles. The Hall–Kier alpha value is -5.70. The molecule has 3 aliphatic rings. The third-order valence-corrected chi connectivity index (χ3v) is 11.3. The number of likely N-dealkylation sites (N-methyl/N-ethyl adjacent to an activating group) is 1. The van der Waals surface area contributed by atoms with Gasteiger partial charge in [0.25, 0.3) is 11.5 Å². The molecule has 2 unspecified atom stereocenters. The zero-order valence-electron chi connectivity index (χ0n) is 30.3. The molecule has 280 valence electrons. The lowest BCUT2D eigenvalue weighted by atomic mass is 9.79. The highest BCUT2D eigenvalue weighted by molar-refractivity contribution is 6.33. The van der Waals surface area contributed by atoms with E-state index in [-0.39, 0.29) is 41.1 Å². The van der Waals surface area contributed by atoms with E-state index in [9.17, 15) is 19.2 Å². The molecule has 2 atom stereocenters. The number of piperidine rings is 2. The third kappa shape index (κ3) is 6.57. The second kappa shape index (κ2) is 13.9. The molecule has 0 aliphatic carbocycles. The molecule has 8 rings (SSSR count). The number of halogens is 1. The van der Waals surface area contributed by atoms with Gasteiger partial charge in [0.2, 0.25) is 17.8 Å². The number of rotatable bonds is 8. The fourth-order valence-electron chi connectivity index (χ4n) is 8.13. The van der Waals surface area contributed by atoms with E-state index in [0.29, 0.717) is 46.5 Å². The van der Waals surface area contributed by atoms with Crippen LogP contribution in [0.15, 0.2) is 53.5 Å². The number of ether oxygens (including phenoxy) is 1. The van der Waals surface area contributed by atoms with Gasteiger partial charge in [-0.2, -0.15) is 10.1 Å². The summed E-state index contributed by atoms with van der Waals surface area (Å²) in [5.74, 6) is -0.143. The third-order valence-electron chi connectivity index (χ3n) is 11.0. The van der Waals surface area contributed by atoms with Gasteiger partial charge in [-0.1, -0.05) is 11.6 Å². The molecule has 2 aromatic carbocycles. The van der Waals surface area contributed by atoms with Crippen LogP contribution in [-0.2, 0) is 28.5 Å². The van der Waals surface area contributed by atoms with E-state index < -0.39 is 5.92 Å². The molecule has 0 saturated carbocycles. The van der Waals surface area contributed by atoms with Gasteiger partial charge in [-0.05, 0) is 68.1 Å². The van der Waals surface area contributed by atoms with Gasteiger partial charge < -0.3 is 29.7 Å². The van der Waals surface area contributed by atoms with Gasteiger partial charge in [0, 0.05) is 81.3 Å². The Morgan fingerprint density at radius 3 is 2.69 bits per heavy atom. The van der Waals surface area contributed by atoms with Crippen LogP contribution in [-0.4, -0.2) is 81.9 Å². The molecule has 1 spiro atoms. The molecule has 0 bridgehead atoms. The first-order valence-electron chi connectivity index (χ1n) is 18.1. The van der Waals surface area contributed by atoms with Crippen LogP contribution in [0, 0.1) is 5.41 Å². The Labute approximate surface area is 315 Å². The summed E-state index contributed by atoms with van der Waals surface area (Å²) in [6, 6.07) is 13.5. The maximum atomic E-state index is 12.8. The van der Waals surface area contributed by atoms with Crippen molar-refractivity contribution in [2.45, 2.75) is 38.0 Å². The Morgan fingerprint density at radius 1 is 1.04 bits per heavy atom. The lowest BCUT2D eigenvalue weighted by Gasteiger charge is -2.40. The van der Waals surface area contributed by atoms with Crippen LogP contribution in [0.3, 0.4) is 0 Å². The van der Waals surface area contributed by atoms with Crippen LogP contribution >= 0.6 is 11.6 Å². The van der Waals surface area contributed by atoms with E-state index in [1.54, 1.807) is 19.3 Å².